The van der Waals surface area contributed by atoms with E-state index < -0.39 is 10.0 Å². The molecule has 6 heteroatoms. The minimum absolute atomic E-state index is 0.298. The van der Waals surface area contributed by atoms with Crippen LogP contribution in [0.5, 0.6) is 0 Å². The molecule has 1 fully saturated rings. The zero-order valence-electron chi connectivity index (χ0n) is 11.1. The van der Waals surface area contributed by atoms with Gasteiger partial charge in [-0.1, -0.05) is 18.2 Å². The summed E-state index contributed by atoms with van der Waals surface area (Å²) < 4.78 is 28.5. The van der Waals surface area contributed by atoms with Gasteiger partial charge in [-0.05, 0) is 31.0 Å². The van der Waals surface area contributed by atoms with Gasteiger partial charge >= 0.3 is 0 Å². The monoisotopic (exact) mass is 291 g/mol. The number of hydrogen-bond acceptors (Lipinski definition) is 3. The van der Waals surface area contributed by atoms with E-state index in [4.69, 9.17) is 0 Å². The van der Waals surface area contributed by atoms with E-state index in [-0.39, 0.29) is 0 Å². The van der Waals surface area contributed by atoms with Crippen LogP contribution in [0.4, 0.5) is 0 Å². The van der Waals surface area contributed by atoms with Crippen LogP contribution in [0.15, 0.2) is 53.7 Å². The Kier molecular flexibility index (Phi) is 3.58. The van der Waals surface area contributed by atoms with Crippen LogP contribution < -0.4 is 0 Å². The highest BCUT2D eigenvalue weighted by Gasteiger charge is 2.29. The molecule has 20 heavy (non-hydrogen) atoms. The lowest BCUT2D eigenvalue weighted by Crippen LogP contribution is -2.39. The van der Waals surface area contributed by atoms with Crippen LogP contribution in [-0.4, -0.2) is 35.6 Å². The molecule has 0 aliphatic carbocycles. The third kappa shape index (κ3) is 2.48. The first-order chi connectivity index (χ1) is 9.68. The Hall–Kier alpha value is -1.66. The van der Waals surface area contributed by atoms with Crippen LogP contribution >= 0.6 is 0 Å². The molecule has 0 saturated carbocycles. The highest BCUT2D eigenvalue weighted by Crippen LogP contribution is 2.26. The summed E-state index contributed by atoms with van der Waals surface area (Å²) in [5.41, 5.74) is 0. The van der Waals surface area contributed by atoms with Crippen LogP contribution in [0.2, 0.25) is 0 Å². The fourth-order valence-electron chi connectivity index (χ4n) is 2.59. The Morgan fingerprint density at radius 3 is 2.35 bits per heavy atom. The van der Waals surface area contributed by atoms with Crippen molar-refractivity contribution in [1.82, 2.24) is 14.1 Å². The minimum Gasteiger partial charge on any atom is -0.270 e. The zero-order chi connectivity index (χ0) is 14.0. The van der Waals surface area contributed by atoms with Gasteiger partial charge in [-0.15, -0.1) is 0 Å². The van der Waals surface area contributed by atoms with Crippen molar-refractivity contribution in [1.29, 1.82) is 0 Å². The lowest BCUT2D eigenvalue weighted by atomic mass is 10.1. The summed E-state index contributed by atoms with van der Waals surface area (Å²) in [5, 5.41) is 4.23. The minimum atomic E-state index is -3.35. The molecule has 0 amide bonds. The number of nitrogens with zero attached hydrogens (tertiary/aromatic N) is 3. The molecule has 3 rings (SSSR count). The van der Waals surface area contributed by atoms with E-state index in [0.717, 1.165) is 12.8 Å². The zero-order valence-corrected chi connectivity index (χ0v) is 11.9. The Morgan fingerprint density at radius 1 is 1.05 bits per heavy atom. The quantitative estimate of drug-likeness (QED) is 0.868. The second-order valence-corrected chi connectivity index (χ2v) is 6.87. The summed E-state index contributed by atoms with van der Waals surface area (Å²) in [7, 11) is -3.35. The SMILES string of the molecule is O=S(=O)(c1ccccc1)N1CCC(n2cccn2)CC1. The third-order valence-electron chi connectivity index (χ3n) is 3.70. The lowest BCUT2D eigenvalue weighted by molar-refractivity contribution is 0.261. The molecule has 0 unspecified atom stereocenters. The Labute approximate surface area is 118 Å². The molecule has 5 nitrogen and oxygen atoms in total. The maximum atomic E-state index is 12.5. The van der Waals surface area contributed by atoms with Crippen LogP contribution in [0.1, 0.15) is 18.9 Å². The molecule has 1 saturated heterocycles. The molecule has 106 valence electrons. The van der Waals surface area contributed by atoms with Crippen molar-refractivity contribution in [2.45, 2.75) is 23.8 Å². The maximum Gasteiger partial charge on any atom is 0.243 e. The second-order valence-electron chi connectivity index (χ2n) is 4.93. The number of rotatable bonds is 3. The fraction of sp³-hybridized carbons (Fsp3) is 0.357. The Bertz CT molecular complexity index is 645. The first kappa shape index (κ1) is 13.3. The van der Waals surface area contributed by atoms with Crippen molar-refractivity contribution in [3.8, 4) is 0 Å². The average molecular weight is 291 g/mol. The van der Waals surface area contributed by atoms with Crippen molar-refractivity contribution in [2.75, 3.05) is 13.1 Å². The largest absolute Gasteiger partial charge is 0.270 e. The van der Waals surface area contributed by atoms with Gasteiger partial charge in [0.25, 0.3) is 0 Å². The maximum absolute atomic E-state index is 12.5. The topological polar surface area (TPSA) is 55.2 Å². The average Bonchev–Trinajstić information content (AvgIpc) is 3.02. The molecule has 0 spiro atoms. The van der Waals surface area contributed by atoms with Crippen molar-refractivity contribution >= 4 is 10.0 Å². The lowest BCUT2D eigenvalue weighted by Gasteiger charge is -2.31. The van der Waals surface area contributed by atoms with E-state index in [2.05, 4.69) is 5.10 Å². The van der Waals surface area contributed by atoms with Gasteiger partial charge in [-0.25, -0.2) is 8.42 Å². The highest BCUT2D eigenvalue weighted by atomic mass is 32.2. The van der Waals surface area contributed by atoms with Crippen molar-refractivity contribution < 1.29 is 8.42 Å². The summed E-state index contributed by atoms with van der Waals surface area (Å²) >= 11 is 0. The first-order valence-corrected chi connectivity index (χ1v) is 8.16. The van der Waals surface area contributed by atoms with E-state index in [1.807, 2.05) is 23.0 Å². The van der Waals surface area contributed by atoms with Crippen LogP contribution in [0.25, 0.3) is 0 Å². The van der Waals surface area contributed by atoms with Gasteiger partial charge in [0.05, 0.1) is 10.9 Å². The van der Waals surface area contributed by atoms with E-state index in [1.54, 1.807) is 34.8 Å². The molecule has 1 aromatic heterocycles. The number of benzene rings is 1. The van der Waals surface area contributed by atoms with E-state index in [0.29, 0.717) is 24.0 Å². The molecule has 2 heterocycles. The predicted octanol–water partition coefficient (Wildman–Crippen LogP) is 1.91. The van der Waals surface area contributed by atoms with Gasteiger partial charge in [-0.2, -0.15) is 9.40 Å². The highest BCUT2D eigenvalue weighted by molar-refractivity contribution is 7.89. The molecular formula is C14H17N3O2S. The molecule has 1 aromatic carbocycles. The Balaban J connectivity index is 1.72. The van der Waals surface area contributed by atoms with Gasteiger partial charge in [-0.3, -0.25) is 4.68 Å². The summed E-state index contributed by atoms with van der Waals surface area (Å²) in [5.74, 6) is 0. The molecule has 1 aliphatic heterocycles. The standard InChI is InChI=1S/C14H17N3O2S/c18-20(19,14-5-2-1-3-6-14)16-11-7-13(8-12-16)17-10-4-9-15-17/h1-6,9-10,13H,7-8,11-12H2. The Morgan fingerprint density at radius 2 is 1.75 bits per heavy atom. The predicted molar refractivity (Wildman–Crippen MR) is 75.7 cm³/mol. The van der Waals surface area contributed by atoms with Crippen LogP contribution in [0, 0.1) is 0 Å². The van der Waals surface area contributed by atoms with Crippen LogP contribution in [0.3, 0.4) is 0 Å². The number of aromatic nitrogens is 2. The normalized spacial score (nSPS) is 18.2. The number of hydrogen-bond donors (Lipinski definition) is 0. The molecule has 2 aromatic rings. The molecule has 0 N–H and O–H groups in total. The van der Waals surface area contributed by atoms with Gasteiger partial charge in [0.1, 0.15) is 0 Å². The summed E-state index contributed by atoms with van der Waals surface area (Å²) in [4.78, 5) is 0.373. The van der Waals surface area contributed by atoms with E-state index in [1.165, 1.54) is 0 Å². The van der Waals surface area contributed by atoms with Crippen molar-refractivity contribution in [3.05, 3.63) is 48.8 Å². The number of piperidine rings is 1. The second kappa shape index (κ2) is 5.38. The third-order valence-corrected chi connectivity index (χ3v) is 5.62. The van der Waals surface area contributed by atoms with Gasteiger partial charge in [0.2, 0.25) is 10.0 Å². The summed E-state index contributed by atoms with van der Waals surface area (Å²) in [6.45, 7) is 1.09. The van der Waals surface area contributed by atoms with E-state index >= 15 is 0 Å². The molecule has 0 radical (unpaired) electrons. The van der Waals surface area contributed by atoms with Gasteiger partial charge < -0.3 is 0 Å². The van der Waals surface area contributed by atoms with Gasteiger partial charge in [0.15, 0.2) is 0 Å². The number of sulfonamides is 1. The van der Waals surface area contributed by atoms with Crippen LogP contribution in [-0.2, 0) is 10.0 Å². The first-order valence-electron chi connectivity index (χ1n) is 6.72. The summed E-state index contributed by atoms with van der Waals surface area (Å²) in [6.07, 6.45) is 5.29. The fourth-order valence-corrected chi connectivity index (χ4v) is 4.08. The van der Waals surface area contributed by atoms with E-state index in [9.17, 15) is 8.42 Å². The smallest absolute Gasteiger partial charge is 0.243 e. The summed E-state index contributed by atoms with van der Waals surface area (Å²) in [6, 6.07) is 10.8. The molecule has 0 bridgehead atoms. The molecular weight excluding hydrogens is 274 g/mol. The van der Waals surface area contributed by atoms with Gasteiger partial charge in [0, 0.05) is 25.5 Å². The molecule has 1 aliphatic rings. The van der Waals surface area contributed by atoms with Crippen molar-refractivity contribution in [2.24, 2.45) is 0 Å². The van der Waals surface area contributed by atoms with Crippen molar-refractivity contribution in [3.63, 3.8) is 0 Å². The molecule has 0 atom stereocenters.